The van der Waals surface area contributed by atoms with Gasteiger partial charge in [0.1, 0.15) is 5.58 Å². The predicted molar refractivity (Wildman–Crippen MR) is 48.8 cm³/mol. The van der Waals surface area contributed by atoms with Crippen molar-refractivity contribution >= 4 is 16.9 Å². The number of aliphatic carboxylic acids is 1. The van der Waals surface area contributed by atoms with E-state index in [1.165, 1.54) is 12.3 Å². The maximum absolute atomic E-state index is 10.5. The summed E-state index contributed by atoms with van der Waals surface area (Å²) < 4.78 is 5.08. The fourth-order valence-corrected chi connectivity index (χ4v) is 1.30. The molecule has 0 radical (unpaired) electrons. The standard InChI is InChI=1S/C10H8O4/c11-9(10(12)13)7-1-2-8-6(5-7)3-4-14-8/h1-5,9,11H,(H,12,13). The Balaban J connectivity index is 2.48. The molecule has 0 fully saturated rings. The molecule has 2 N–H and O–H groups in total. The van der Waals surface area contributed by atoms with Crippen LogP contribution < -0.4 is 0 Å². The van der Waals surface area contributed by atoms with Crippen LogP contribution in [-0.4, -0.2) is 16.2 Å². The van der Waals surface area contributed by atoms with Crippen molar-refractivity contribution in [2.24, 2.45) is 0 Å². The topological polar surface area (TPSA) is 70.7 Å². The molecule has 14 heavy (non-hydrogen) atoms. The molecule has 1 atom stereocenters. The minimum atomic E-state index is -1.48. The lowest BCUT2D eigenvalue weighted by Gasteiger charge is -2.04. The predicted octanol–water partition coefficient (Wildman–Crippen LogP) is 1.55. The highest BCUT2D eigenvalue weighted by atomic mass is 16.4. The molecule has 0 aliphatic rings. The largest absolute Gasteiger partial charge is 0.479 e. The fraction of sp³-hybridized carbons (Fsp3) is 0.100. The van der Waals surface area contributed by atoms with Crippen LogP contribution in [0.3, 0.4) is 0 Å². The van der Waals surface area contributed by atoms with Crippen LogP contribution in [0.2, 0.25) is 0 Å². The third-order valence-electron chi connectivity index (χ3n) is 2.03. The molecule has 0 aliphatic carbocycles. The molecule has 1 heterocycles. The molecule has 0 aliphatic heterocycles. The fourth-order valence-electron chi connectivity index (χ4n) is 1.30. The molecule has 1 aromatic heterocycles. The average molecular weight is 192 g/mol. The summed E-state index contributed by atoms with van der Waals surface area (Å²) in [6.07, 6.45) is 0.0380. The van der Waals surface area contributed by atoms with E-state index < -0.39 is 12.1 Å². The second-order valence-corrected chi connectivity index (χ2v) is 2.96. The van der Waals surface area contributed by atoms with Crippen LogP contribution in [-0.2, 0) is 4.79 Å². The number of hydrogen-bond acceptors (Lipinski definition) is 3. The molecule has 4 heteroatoms. The first kappa shape index (κ1) is 8.77. The van der Waals surface area contributed by atoms with Gasteiger partial charge in [-0.15, -0.1) is 0 Å². The Bertz CT molecular complexity index is 472. The van der Waals surface area contributed by atoms with Crippen molar-refractivity contribution in [3.05, 3.63) is 36.1 Å². The lowest BCUT2D eigenvalue weighted by Crippen LogP contribution is -2.09. The van der Waals surface area contributed by atoms with Gasteiger partial charge < -0.3 is 14.6 Å². The number of carboxylic acid groups (broad SMARTS) is 1. The molecule has 0 spiro atoms. The van der Waals surface area contributed by atoms with E-state index >= 15 is 0 Å². The number of furan rings is 1. The SMILES string of the molecule is O=C(O)C(O)c1ccc2occc2c1. The monoisotopic (exact) mass is 192 g/mol. The minimum Gasteiger partial charge on any atom is -0.479 e. The zero-order valence-electron chi connectivity index (χ0n) is 7.18. The zero-order valence-corrected chi connectivity index (χ0v) is 7.18. The summed E-state index contributed by atoms with van der Waals surface area (Å²) >= 11 is 0. The summed E-state index contributed by atoms with van der Waals surface area (Å²) in [7, 11) is 0. The number of carboxylic acids is 1. The Kier molecular flexibility index (Phi) is 1.98. The first-order valence-electron chi connectivity index (χ1n) is 4.06. The van der Waals surface area contributed by atoms with E-state index in [1.54, 1.807) is 18.2 Å². The Morgan fingerprint density at radius 1 is 1.36 bits per heavy atom. The van der Waals surface area contributed by atoms with Crippen LogP contribution in [0.1, 0.15) is 11.7 Å². The van der Waals surface area contributed by atoms with Crippen LogP contribution >= 0.6 is 0 Å². The van der Waals surface area contributed by atoms with Gasteiger partial charge in [-0.2, -0.15) is 0 Å². The number of aliphatic hydroxyl groups is 1. The number of hydrogen-bond donors (Lipinski definition) is 2. The third kappa shape index (κ3) is 1.36. The van der Waals surface area contributed by atoms with Gasteiger partial charge in [0.2, 0.25) is 0 Å². The maximum Gasteiger partial charge on any atom is 0.337 e. The van der Waals surface area contributed by atoms with Crippen LogP contribution in [0.5, 0.6) is 0 Å². The van der Waals surface area contributed by atoms with Gasteiger partial charge in [0, 0.05) is 5.39 Å². The van der Waals surface area contributed by atoms with Crippen LogP contribution in [0.4, 0.5) is 0 Å². The van der Waals surface area contributed by atoms with Crippen molar-refractivity contribution in [1.82, 2.24) is 0 Å². The van der Waals surface area contributed by atoms with Gasteiger partial charge in [-0.25, -0.2) is 4.79 Å². The molecule has 4 nitrogen and oxygen atoms in total. The first-order valence-corrected chi connectivity index (χ1v) is 4.06. The highest BCUT2D eigenvalue weighted by molar-refractivity contribution is 5.81. The molecule has 0 amide bonds. The summed E-state index contributed by atoms with van der Waals surface area (Å²) in [5.41, 5.74) is 1.03. The van der Waals surface area contributed by atoms with Crippen LogP contribution in [0.25, 0.3) is 11.0 Å². The molecule has 1 aromatic carbocycles. The summed E-state index contributed by atoms with van der Waals surface area (Å²) in [6, 6.07) is 6.48. The van der Waals surface area contributed by atoms with Crippen LogP contribution in [0.15, 0.2) is 34.9 Å². The second kappa shape index (κ2) is 3.16. The van der Waals surface area contributed by atoms with Gasteiger partial charge in [0.05, 0.1) is 6.26 Å². The second-order valence-electron chi connectivity index (χ2n) is 2.96. The smallest absolute Gasteiger partial charge is 0.337 e. The molecule has 0 bridgehead atoms. The van der Waals surface area contributed by atoms with Crippen molar-refractivity contribution < 1.29 is 19.4 Å². The van der Waals surface area contributed by atoms with Crippen molar-refractivity contribution in [2.45, 2.75) is 6.10 Å². The number of aliphatic hydroxyl groups excluding tert-OH is 1. The van der Waals surface area contributed by atoms with E-state index in [1.807, 2.05) is 0 Å². The van der Waals surface area contributed by atoms with Gasteiger partial charge in [-0.1, -0.05) is 6.07 Å². The van der Waals surface area contributed by atoms with Gasteiger partial charge in [-0.3, -0.25) is 0 Å². The van der Waals surface area contributed by atoms with Gasteiger partial charge in [0.15, 0.2) is 6.10 Å². The molecular formula is C10H8O4. The Morgan fingerprint density at radius 3 is 2.86 bits per heavy atom. The highest BCUT2D eigenvalue weighted by Gasteiger charge is 2.16. The normalized spacial score (nSPS) is 12.9. The minimum absolute atomic E-state index is 0.353. The van der Waals surface area contributed by atoms with Gasteiger partial charge in [0.25, 0.3) is 0 Å². The van der Waals surface area contributed by atoms with E-state index in [0.29, 0.717) is 11.1 Å². The molecule has 72 valence electrons. The molecule has 2 aromatic rings. The molecule has 2 rings (SSSR count). The molecule has 0 saturated heterocycles. The maximum atomic E-state index is 10.5. The van der Waals surface area contributed by atoms with Crippen molar-refractivity contribution in [3.63, 3.8) is 0 Å². The highest BCUT2D eigenvalue weighted by Crippen LogP contribution is 2.21. The van der Waals surface area contributed by atoms with E-state index in [-0.39, 0.29) is 0 Å². The summed E-state index contributed by atoms with van der Waals surface area (Å²) in [5, 5.41) is 18.6. The summed E-state index contributed by atoms with van der Waals surface area (Å²) in [5.74, 6) is -1.26. The number of rotatable bonds is 2. The lowest BCUT2D eigenvalue weighted by molar-refractivity contribution is -0.146. The quantitative estimate of drug-likeness (QED) is 0.757. The summed E-state index contributed by atoms with van der Waals surface area (Å²) in [4.78, 5) is 10.5. The van der Waals surface area contributed by atoms with E-state index in [0.717, 1.165) is 5.39 Å². The molecule has 1 unspecified atom stereocenters. The van der Waals surface area contributed by atoms with Crippen molar-refractivity contribution in [1.29, 1.82) is 0 Å². The Labute approximate surface area is 79.4 Å². The van der Waals surface area contributed by atoms with Crippen molar-refractivity contribution in [2.75, 3.05) is 0 Å². The number of fused-ring (bicyclic) bond motifs is 1. The Morgan fingerprint density at radius 2 is 2.14 bits per heavy atom. The third-order valence-corrected chi connectivity index (χ3v) is 2.03. The molecular weight excluding hydrogens is 184 g/mol. The van der Waals surface area contributed by atoms with Crippen molar-refractivity contribution in [3.8, 4) is 0 Å². The average Bonchev–Trinajstić information content (AvgIpc) is 2.62. The zero-order chi connectivity index (χ0) is 10.1. The van der Waals surface area contributed by atoms with Gasteiger partial charge >= 0.3 is 5.97 Å². The van der Waals surface area contributed by atoms with E-state index in [2.05, 4.69) is 0 Å². The number of benzene rings is 1. The number of carbonyl (C=O) groups is 1. The van der Waals surface area contributed by atoms with E-state index in [9.17, 15) is 9.90 Å². The van der Waals surface area contributed by atoms with Crippen LogP contribution in [0, 0.1) is 0 Å². The van der Waals surface area contributed by atoms with Gasteiger partial charge in [-0.05, 0) is 23.8 Å². The molecule has 0 saturated carbocycles. The summed E-state index contributed by atoms with van der Waals surface area (Å²) in [6.45, 7) is 0. The lowest BCUT2D eigenvalue weighted by atomic mass is 10.1. The van der Waals surface area contributed by atoms with E-state index in [4.69, 9.17) is 9.52 Å². The Hall–Kier alpha value is -1.81. The first-order chi connectivity index (χ1) is 6.68.